The zero-order valence-corrected chi connectivity index (χ0v) is 9.02. The molecule has 0 saturated heterocycles. The van der Waals surface area contributed by atoms with Crippen LogP contribution in [0, 0.1) is 0 Å². The van der Waals surface area contributed by atoms with Crippen LogP contribution in [0.3, 0.4) is 0 Å². The fraction of sp³-hybridized carbons (Fsp3) is 0.0833. The van der Waals surface area contributed by atoms with Gasteiger partial charge in [-0.1, -0.05) is 6.07 Å². The third-order valence-electron chi connectivity index (χ3n) is 2.32. The smallest absolute Gasteiger partial charge is 0.308 e. The van der Waals surface area contributed by atoms with E-state index in [1.54, 1.807) is 0 Å². The van der Waals surface area contributed by atoms with Crippen molar-refractivity contribution in [2.75, 3.05) is 0 Å². The molecule has 0 aliphatic heterocycles. The molecule has 2 N–H and O–H groups in total. The maximum absolute atomic E-state index is 11.7. The zero-order chi connectivity index (χ0) is 12.6. The van der Waals surface area contributed by atoms with Crippen molar-refractivity contribution in [2.45, 2.75) is 6.92 Å². The number of ketones is 2. The van der Waals surface area contributed by atoms with Gasteiger partial charge in [-0.15, -0.1) is 0 Å². The van der Waals surface area contributed by atoms with Crippen molar-refractivity contribution in [3.63, 3.8) is 0 Å². The van der Waals surface area contributed by atoms with Crippen molar-refractivity contribution < 1.29 is 19.1 Å². The second kappa shape index (κ2) is 3.86. The molecule has 0 unspecified atom stereocenters. The van der Waals surface area contributed by atoms with Crippen molar-refractivity contribution in [1.29, 1.82) is 0 Å². The number of ether oxygens (including phenoxy) is 1. The Balaban J connectivity index is 2.61. The number of carbonyl (C=O) groups is 3. The van der Waals surface area contributed by atoms with Gasteiger partial charge in [0.2, 0.25) is 5.78 Å². The number of hydrogen-bond donors (Lipinski definition) is 1. The molecular formula is C12H9NO4. The molecule has 1 aliphatic rings. The van der Waals surface area contributed by atoms with Gasteiger partial charge in [-0.3, -0.25) is 14.4 Å². The highest BCUT2D eigenvalue weighted by molar-refractivity contribution is 6.25. The molecule has 5 heteroatoms. The first-order chi connectivity index (χ1) is 8.00. The molecule has 0 atom stereocenters. The van der Waals surface area contributed by atoms with Gasteiger partial charge in [-0.05, 0) is 12.1 Å². The predicted octanol–water partition coefficient (Wildman–Crippen LogP) is 0.834. The van der Waals surface area contributed by atoms with E-state index in [2.05, 4.69) is 0 Å². The minimum absolute atomic E-state index is 0.0806. The van der Waals surface area contributed by atoms with E-state index in [4.69, 9.17) is 10.5 Å². The zero-order valence-electron chi connectivity index (χ0n) is 9.02. The van der Waals surface area contributed by atoms with Gasteiger partial charge in [-0.2, -0.15) is 0 Å². The van der Waals surface area contributed by atoms with Gasteiger partial charge in [0.15, 0.2) is 5.78 Å². The summed E-state index contributed by atoms with van der Waals surface area (Å²) < 4.78 is 4.88. The number of rotatable bonds is 1. The summed E-state index contributed by atoms with van der Waals surface area (Å²) in [7, 11) is 0. The van der Waals surface area contributed by atoms with E-state index < -0.39 is 17.5 Å². The molecule has 0 spiro atoms. The third kappa shape index (κ3) is 1.82. The van der Waals surface area contributed by atoms with E-state index >= 15 is 0 Å². The van der Waals surface area contributed by atoms with Gasteiger partial charge in [-0.25, -0.2) is 0 Å². The van der Waals surface area contributed by atoms with Crippen LogP contribution in [0.1, 0.15) is 27.6 Å². The Morgan fingerprint density at radius 1 is 1.29 bits per heavy atom. The average Bonchev–Trinajstić information content (AvgIpc) is 2.25. The highest BCUT2D eigenvalue weighted by Crippen LogP contribution is 2.28. The number of nitrogens with two attached hydrogens (primary N) is 1. The quantitative estimate of drug-likeness (QED) is 0.571. The first-order valence-corrected chi connectivity index (χ1v) is 4.88. The standard InChI is InChI=1S/C12H9NO4/c1-6(14)17-10-4-2-3-7-11(10)9(15)5-8(13)12(7)16/h2-5H,13H2,1H3. The summed E-state index contributed by atoms with van der Waals surface area (Å²) in [4.78, 5) is 34.4. The Kier molecular flexibility index (Phi) is 2.51. The molecule has 0 radical (unpaired) electrons. The summed E-state index contributed by atoms with van der Waals surface area (Å²) in [6, 6.07) is 4.46. The van der Waals surface area contributed by atoms with Gasteiger partial charge in [0.05, 0.1) is 11.3 Å². The highest BCUT2D eigenvalue weighted by atomic mass is 16.5. The lowest BCUT2D eigenvalue weighted by molar-refractivity contribution is -0.131. The molecule has 86 valence electrons. The number of benzene rings is 1. The van der Waals surface area contributed by atoms with Crippen molar-refractivity contribution in [3.8, 4) is 5.75 Å². The minimum Gasteiger partial charge on any atom is -0.426 e. The van der Waals surface area contributed by atoms with E-state index in [9.17, 15) is 14.4 Å². The number of esters is 1. The summed E-state index contributed by atoms with van der Waals surface area (Å²) in [5.74, 6) is -1.35. The van der Waals surface area contributed by atoms with Gasteiger partial charge in [0.25, 0.3) is 0 Å². The van der Waals surface area contributed by atoms with E-state index in [0.29, 0.717) is 0 Å². The second-order valence-electron chi connectivity index (χ2n) is 3.57. The Bertz CT molecular complexity index is 572. The van der Waals surface area contributed by atoms with Crippen LogP contribution in [-0.4, -0.2) is 17.5 Å². The summed E-state index contributed by atoms with van der Waals surface area (Å²) in [5, 5.41) is 0. The number of Topliss-reactive ketones (excluding diaryl/α,β-unsaturated/α-hetero) is 1. The molecule has 0 aromatic heterocycles. The van der Waals surface area contributed by atoms with Crippen LogP contribution in [0.5, 0.6) is 5.75 Å². The van der Waals surface area contributed by atoms with Crippen LogP contribution in [0.2, 0.25) is 0 Å². The number of allylic oxidation sites excluding steroid dienone is 2. The highest BCUT2D eigenvalue weighted by Gasteiger charge is 2.27. The lowest BCUT2D eigenvalue weighted by Crippen LogP contribution is -2.22. The third-order valence-corrected chi connectivity index (χ3v) is 2.32. The van der Waals surface area contributed by atoms with E-state index in [1.807, 2.05) is 0 Å². The molecule has 1 aromatic rings. The van der Waals surface area contributed by atoms with Gasteiger partial charge in [0.1, 0.15) is 5.75 Å². The maximum Gasteiger partial charge on any atom is 0.308 e. The Labute approximate surface area is 96.9 Å². The summed E-state index contributed by atoms with van der Waals surface area (Å²) in [5.41, 5.74) is 5.55. The summed E-state index contributed by atoms with van der Waals surface area (Å²) in [6.07, 6.45) is 1.04. The Hall–Kier alpha value is -2.43. The fourth-order valence-corrected chi connectivity index (χ4v) is 1.65. The van der Waals surface area contributed by atoms with Crippen molar-refractivity contribution in [2.24, 2.45) is 5.73 Å². The average molecular weight is 231 g/mol. The molecule has 5 nitrogen and oxygen atoms in total. The lowest BCUT2D eigenvalue weighted by Gasteiger charge is -2.15. The molecule has 0 fully saturated rings. The van der Waals surface area contributed by atoms with Gasteiger partial charge in [0, 0.05) is 18.6 Å². The van der Waals surface area contributed by atoms with Crippen molar-refractivity contribution in [3.05, 3.63) is 41.1 Å². The number of carbonyl (C=O) groups excluding carboxylic acids is 3. The van der Waals surface area contributed by atoms with Crippen molar-refractivity contribution in [1.82, 2.24) is 0 Å². The normalized spacial score (nSPS) is 14.1. The molecule has 1 aliphatic carbocycles. The molecular weight excluding hydrogens is 222 g/mol. The van der Waals surface area contributed by atoms with Crippen LogP contribution in [0.4, 0.5) is 0 Å². The minimum atomic E-state index is -0.554. The van der Waals surface area contributed by atoms with Crippen LogP contribution >= 0.6 is 0 Å². The fourth-order valence-electron chi connectivity index (χ4n) is 1.65. The molecule has 0 amide bonds. The first-order valence-electron chi connectivity index (χ1n) is 4.88. The predicted molar refractivity (Wildman–Crippen MR) is 58.7 cm³/mol. The van der Waals surface area contributed by atoms with Crippen LogP contribution in [0.15, 0.2) is 30.0 Å². The van der Waals surface area contributed by atoms with Crippen LogP contribution in [0.25, 0.3) is 0 Å². The van der Waals surface area contributed by atoms with Crippen LogP contribution < -0.4 is 10.5 Å². The largest absolute Gasteiger partial charge is 0.426 e. The first kappa shape index (κ1) is 11.1. The van der Waals surface area contributed by atoms with Crippen LogP contribution in [-0.2, 0) is 4.79 Å². The molecule has 0 saturated carbocycles. The number of fused-ring (bicyclic) bond motifs is 1. The van der Waals surface area contributed by atoms with E-state index in [-0.39, 0.29) is 22.6 Å². The lowest BCUT2D eigenvalue weighted by atomic mass is 9.92. The SMILES string of the molecule is CC(=O)Oc1cccc2c1C(=O)C=C(N)C2=O. The molecule has 2 rings (SSSR count). The van der Waals surface area contributed by atoms with Gasteiger partial charge >= 0.3 is 5.97 Å². The molecule has 0 bridgehead atoms. The number of hydrogen-bond acceptors (Lipinski definition) is 5. The molecule has 1 aromatic carbocycles. The molecule has 17 heavy (non-hydrogen) atoms. The Morgan fingerprint density at radius 3 is 2.65 bits per heavy atom. The molecule has 0 heterocycles. The maximum atomic E-state index is 11.7. The van der Waals surface area contributed by atoms with E-state index in [0.717, 1.165) is 6.08 Å². The van der Waals surface area contributed by atoms with Crippen molar-refractivity contribution >= 4 is 17.5 Å². The van der Waals surface area contributed by atoms with E-state index in [1.165, 1.54) is 25.1 Å². The summed E-state index contributed by atoms with van der Waals surface area (Å²) in [6.45, 7) is 1.22. The topological polar surface area (TPSA) is 86.5 Å². The second-order valence-corrected chi connectivity index (χ2v) is 3.57. The monoisotopic (exact) mass is 231 g/mol. The van der Waals surface area contributed by atoms with Gasteiger partial charge < -0.3 is 10.5 Å². The summed E-state index contributed by atoms with van der Waals surface area (Å²) >= 11 is 0. The Morgan fingerprint density at radius 2 is 2.00 bits per heavy atom.